The van der Waals surface area contributed by atoms with Gasteiger partial charge in [0.15, 0.2) is 0 Å². The quantitative estimate of drug-likeness (QED) is 0.254. The van der Waals surface area contributed by atoms with E-state index in [1.165, 1.54) is 75.0 Å². The minimum atomic E-state index is -4.76. The Hall–Kier alpha value is -7.10. The zero-order chi connectivity index (χ0) is 72.8. The Kier molecular flexibility index (Phi) is 28.4. The average Bonchev–Trinajstić information content (AvgIpc) is 1.74. The highest BCUT2D eigenvalue weighted by molar-refractivity contribution is 6.31. The summed E-state index contributed by atoms with van der Waals surface area (Å²) in [5, 5.41) is 18.5. The lowest BCUT2D eigenvalue weighted by Crippen LogP contribution is -2.65. The zero-order valence-electron chi connectivity index (χ0n) is 59.3. The second kappa shape index (κ2) is 35.5. The van der Waals surface area contributed by atoms with Crippen LogP contribution in [0.25, 0.3) is 0 Å². The highest BCUT2D eigenvalue weighted by Crippen LogP contribution is 2.38. The van der Waals surface area contributed by atoms with Crippen LogP contribution in [0.5, 0.6) is 0 Å². The van der Waals surface area contributed by atoms with Crippen molar-refractivity contribution in [2.75, 3.05) is 95.2 Å². The van der Waals surface area contributed by atoms with Crippen molar-refractivity contribution in [3.8, 4) is 0 Å². The number of aliphatic hydroxyl groups excluding tert-OH is 1. The number of carbonyl (C=O) groups excluding carboxylic acids is 12. The molecule has 4 N–H and O–H groups in total. The molecule has 1 aromatic carbocycles. The van der Waals surface area contributed by atoms with E-state index in [2.05, 4.69) is 16.0 Å². The fraction of sp³-hybridized carbons (Fsp3) is 0.743. The maximum absolute atomic E-state index is 15.7. The Balaban J connectivity index is 1.28. The fourth-order valence-corrected chi connectivity index (χ4v) is 15.7. The summed E-state index contributed by atoms with van der Waals surface area (Å²) >= 11 is 6.15. The summed E-state index contributed by atoms with van der Waals surface area (Å²) in [6.45, 7) is 1.60. The number of halogens is 4. The van der Waals surface area contributed by atoms with Gasteiger partial charge in [0.2, 0.25) is 70.9 Å². The summed E-state index contributed by atoms with van der Waals surface area (Å²) in [4.78, 5) is 189. The second-order valence-electron chi connectivity index (χ2n) is 29.0. The number of nitrogens with one attached hydrogen (secondary N) is 3. The smallest absolute Gasteiger partial charge is 0.394 e. The van der Waals surface area contributed by atoms with Crippen molar-refractivity contribution < 1.29 is 75.8 Å². The van der Waals surface area contributed by atoms with Crippen LogP contribution in [0.2, 0.25) is 5.02 Å². The van der Waals surface area contributed by atoms with E-state index < -0.39 is 174 Å². The summed E-state index contributed by atoms with van der Waals surface area (Å²) in [6, 6.07) is -6.17. The van der Waals surface area contributed by atoms with Crippen LogP contribution in [-0.4, -0.2) is 263 Å². The van der Waals surface area contributed by atoms with Crippen molar-refractivity contribution in [2.24, 2.45) is 17.8 Å². The van der Waals surface area contributed by atoms with Crippen LogP contribution >= 0.6 is 11.6 Å². The molecule has 3 aliphatic carbocycles. The lowest BCUT2D eigenvalue weighted by Gasteiger charge is -2.43. The predicted molar refractivity (Wildman–Crippen MR) is 361 cm³/mol. The summed E-state index contributed by atoms with van der Waals surface area (Å²) in [6.07, 6.45) is 6.27. The molecule has 1 spiro atoms. The molecule has 0 unspecified atom stereocenters. The molecular formula is C70H106ClF3N12O13. The first-order valence-corrected chi connectivity index (χ1v) is 35.9. The van der Waals surface area contributed by atoms with Crippen molar-refractivity contribution in [3.05, 3.63) is 34.3 Å². The third kappa shape index (κ3) is 20.1. The molecular weight excluding hydrogens is 1310 g/mol. The molecule has 12 amide bonds. The Labute approximate surface area is 585 Å². The molecule has 0 radical (unpaired) electrons. The number of amides is 12. The molecule has 29 heteroatoms. The number of likely N-dealkylation sites (N-methyl/N-ethyl adjacent to an activating group) is 7. The Morgan fingerprint density at radius 2 is 1.21 bits per heavy atom. The molecule has 552 valence electrons. The van der Waals surface area contributed by atoms with Gasteiger partial charge in [-0.05, 0) is 119 Å². The summed E-state index contributed by atoms with van der Waals surface area (Å²) in [5.74, 6) is -9.04. The van der Waals surface area contributed by atoms with Gasteiger partial charge >= 0.3 is 6.18 Å². The van der Waals surface area contributed by atoms with Gasteiger partial charge in [0, 0.05) is 69.0 Å². The Morgan fingerprint density at radius 3 is 1.82 bits per heavy atom. The summed E-state index contributed by atoms with van der Waals surface area (Å²) in [7, 11) is 9.66. The highest BCUT2D eigenvalue weighted by Gasteiger charge is 2.51. The lowest BCUT2D eigenvalue weighted by molar-refractivity contribution is -0.157. The molecule has 1 aromatic rings. The maximum Gasteiger partial charge on any atom is 0.417 e. The number of likely N-dealkylation sites (tertiary alicyclic amines) is 1. The van der Waals surface area contributed by atoms with E-state index in [1.54, 1.807) is 4.90 Å². The standard InChI is InChI=1S/C70H106ClF3N12O13/c1-44(2)36-53-61(92)76-51(43-87)63(94)80(5)41-58(90)78(3)42-59(91)82(7)54(38-45-22-13-10-14-23-45)65(96)79(4)40-56(88)75-50(30-28-46-27-29-48(49(71)37-46)70(72,73)74)64(95)86-35-21-26-52(86)62(93)77-69(31-17-18-32-69)68(99)84(9)60(47-24-15-11-16-25-47)67(98)83(8)55(39-57(89)81(53)6)66(97)85-33-19-12-20-34-85/h27,29,37,44-45,47,50-55,60,87H,10-26,28,30-36,38-43H2,1-9H3,(H,75,88)(H,76,92)(H,77,93)/t50-,51-,52-,53-,54-,55-,60-/m0/s1. The molecule has 3 heterocycles. The van der Waals surface area contributed by atoms with Gasteiger partial charge in [-0.2, -0.15) is 13.2 Å². The number of aliphatic hydroxyl groups is 1. The van der Waals surface area contributed by atoms with Gasteiger partial charge < -0.3 is 65.2 Å². The number of piperidine rings is 1. The lowest BCUT2D eigenvalue weighted by atomic mass is 9.81. The Bertz CT molecular complexity index is 3080. The van der Waals surface area contributed by atoms with Gasteiger partial charge in [-0.25, -0.2) is 0 Å². The van der Waals surface area contributed by atoms with Crippen molar-refractivity contribution >= 4 is 82.5 Å². The van der Waals surface area contributed by atoms with Crippen LogP contribution < -0.4 is 16.0 Å². The number of fused-ring (bicyclic) bond motifs is 1. The summed E-state index contributed by atoms with van der Waals surface area (Å²) < 4.78 is 41.6. The first-order chi connectivity index (χ1) is 46.8. The molecule has 99 heavy (non-hydrogen) atoms. The number of hydrogen-bond acceptors (Lipinski definition) is 13. The van der Waals surface area contributed by atoms with Crippen LogP contribution in [-0.2, 0) is 70.1 Å². The zero-order valence-corrected chi connectivity index (χ0v) is 60.1. The number of carbonyl (C=O) groups is 12. The molecule has 3 aliphatic heterocycles. The average molecular weight is 1420 g/mol. The van der Waals surface area contributed by atoms with E-state index in [-0.39, 0.29) is 63.3 Å². The molecule has 7 atom stereocenters. The van der Waals surface area contributed by atoms with E-state index in [9.17, 15) is 51.8 Å². The largest absolute Gasteiger partial charge is 0.417 e. The number of hydrogen-bond donors (Lipinski definition) is 4. The second-order valence-corrected chi connectivity index (χ2v) is 29.5. The van der Waals surface area contributed by atoms with Gasteiger partial charge in [-0.3, -0.25) is 57.5 Å². The number of aryl methyl sites for hydroxylation is 1. The topological polar surface area (TPSA) is 290 Å². The van der Waals surface area contributed by atoms with E-state index in [1.807, 2.05) is 13.8 Å². The van der Waals surface area contributed by atoms with Crippen LogP contribution in [0.15, 0.2) is 18.2 Å². The number of nitrogens with zero attached hydrogens (tertiary/aromatic N) is 9. The van der Waals surface area contributed by atoms with Gasteiger partial charge in [0.25, 0.3) is 0 Å². The number of rotatable bonds is 10. The van der Waals surface area contributed by atoms with Crippen LogP contribution in [0, 0.1) is 17.8 Å². The normalized spacial score (nSPS) is 26.8. The minimum absolute atomic E-state index is 0.00228. The van der Waals surface area contributed by atoms with Crippen molar-refractivity contribution in [1.29, 1.82) is 0 Å². The van der Waals surface area contributed by atoms with Gasteiger partial charge in [-0.1, -0.05) is 95.7 Å². The molecule has 0 aromatic heterocycles. The van der Waals surface area contributed by atoms with Gasteiger partial charge in [0.1, 0.15) is 47.8 Å². The van der Waals surface area contributed by atoms with Crippen molar-refractivity contribution in [3.63, 3.8) is 0 Å². The minimum Gasteiger partial charge on any atom is -0.394 e. The number of alkyl halides is 3. The first kappa shape index (κ1) is 79.2. The number of benzene rings is 1. The first-order valence-electron chi connectivity index (χ1n) is 35.6. The van der Waals surface area contributed by atoms with Crippen LogP contribution in [0.1, 0.15) is 173 Å². The molecule has 6 fully saturated rings. The third-order valence-electron chi connectivity index (χ3n) is 21.4. The van der Waals surface area contributed by atoms with E-state index >= 15 is 24.0 Å². The van der Waals surface area contributed by atoms with Crippen LogP contribution in [0.4, 0.5) is 13.2 Å². The van der Waals surface area contributed by atoms with Crippen LogP contribution in [0.3, 0.4) is 0 Å². The maximum atomic E-state index is 15.7. The van der Waals surface area contributed by atoms with Crippen molar-refractivity contribution in [1.82, 2.24) is 60.0 Å². The molecule has 6 aliphatic rings. The van der Waals surface area contributed by atoms with E-state index in [0.717, 1.165) is 89.5 Å². The monoisotopic (exact) mass is 1410 g/mol. The van der Waals surface area contributed by atoms with Crippen molar-refractivity contribution in [2.45, 2.75) is 222 Å². The third-order valence-corrected chi connectivity index (χ3v) is 21.7. The molecule has 0 bridgehead atoms. The molecule has 3 saturated carbocycles. The SMILES string of the molecule is CC(C)C[C@H]1C(=O)N[C@@H](CO)C(=O)N(C)CC(=O)N(C)CC(=O)N(C)[C@@H](CC2CCCCC2)C(=O)N(C)CC(=O)N[C@@H](CCc2ccc(C(F)(F)F)c(Cl)c2)C(=O)N2CCC[C@H]2C(=O)NC2(CCCC2)C(=O)N(C)[C@@H](C2CCCCC2)C(=O)N(C)[C@H](C(=O)N2CCCCC2)CC(=O)N1C. The molecule has 25 nitrogen and oxygen atoms in total. The molecule has 7 rings (SSSR count). The van der Waals surface area contributed by atoms with Gasteiger partial charge in [-0.15, -0.1) is 0 Å². The van der Waals surface area contributed by atoms with E-state index in [4.69, 9.17) is 11.6 Å². The van der Waals surface area contributed by atoms with E-state index in [0.29, 0.717) is 63.6 Å². The predicted octanol–water partition coefficient (Wildman–Crippen LogP) is 4.37. The summed E-state index contributed by atoms with van der Waals surface area (Å²) in [5.41, 5.74) is -2.36. The Morgan fingerprint density at radius 1 is 0.616 bits per heavy atom. The van der Waals surface area contributed by atoms with Gasteiger partial charge in [0.05, 0.1) is 43.2 Å². The molecule has 3 saturated heterocycles. The fourth-order valence-electron chi connectivity index (χ4n) is 15.4. The highest BCUT2D eigenvalue weighted by atomic mass is 35.5.